The summed E-state index contributed by atoms with van der Waals surface area (Å²) in [6.45, 7) is 0. The van der Waals surface area contributed by atoms with Crippen LogP contribution in [0.25, 0.3) is 0 Å². The van der Waals surface area contributed by atoms with E-state index < -0.39 is 5.97 Å². The van der Waals surface area contributed by atoms with Crippen molar-refractivity contribution >= 4 is 28.9 Å². The van der Waals surface area contributed by atoms with Gasteiger partial charge in [0.25, 0.3) is 5.91 Å². The zero-order chi connectivity index (χ0) is 15.7. The van der Waals surface area contributed by atoms with Crippen LogP contribution in [0.1, 0.15) is 44.0 Å². The van der Waals surface area contributed by atoms with Crippen LogP contribution in [-0.2, 0) is 12.8 Å². The largest absolute Gasteiger partial charge is 0.507 e. The number of anilines is 1. The molecule has 22 heavy (non-hydrogen) atoms. The maximum absolute atomic E-state index is 12.4. The van der Waals surface area contributed by atoms with E-state index in [0.717, 1.165) is 24.8 Å². The number of hydrogen-bond acceptors (Lipinski definition) is 4. The second kappa shape index (κ2) is 5.81. The number of carboxylic acids is 1. The fraction of sp³-hybridized carbons (Fsp3) is 0.250. The fourth-order valence-corrected chi connectivity index (χ4v) is 3.80. The maximum Gasteiger partial charge on any atom is 0.339 e. The molecule has 0 fully saturated rings. The molecule has 1 amide bonds. The molecular formula is C16H15NO4S. The van der Waals surface area contributed by atoms with Gasteiger partial charge in [0, 0.05) is 22.0 Å². The summed E-state index contributed by atoms with van der Waals surface area (Å²) in [5.41, 5.74) is 2.00. The van der Waals surface area contributed by atoms with Crippen molar-refractivity contribution in [1.29, 1.82) is 0 Å². The first-order valence-electron chi connectivity index (χ1n) is 7.03. The lowest BCUT2D eigenvalue weighted by molar-refractivity contribution is 0.0693. The van der Waals surface area contributed by atoms with Crippen LogP contribution in [0.3, 0.4) is 0 Å². The van der Waals surface area contributed by atoms with Crippen molar-refractivity contribution in [3.63, 3.8) is 0 Å². The Labute approximate surface area is 131 Å². The molecule has 5 nitrogen and oxygen atoms in total. The smallest absolute Gasteiger partial charge is 0.339 e. The van der Waals surface area contributed by atoms with E-state index in [2.05, 4.69) is 5.32 Å². The van der Waals surface area contributed by atoms with E-state index in [1.165, 1.54) is 29.5 Å². The summed E-state index contributed by atoms with van der Waals surface area (Å²) in [5, 5.41) is 23.1. The van der Waals surface area contributed by atoms with Crippen molar-refractivity contribution in [2.75, 3.05) is 5.32 Å². The second-order valence-electron chi connectivity index (χ2n) is 5.25. The molecule has 0 saturated carbocycles. The number of fused-ring (bicyclic) bond motifs is 1. The first-order valence-corrected chi connectivity index (χ1v) is 7.91. The van der Waals surface area contributed by atoms with Gasteiger partial charge in [0.1, 0.15) is 11.3 Å². The molecule has 6 heteroatoms. The number of hydrogen-bond donors (Lipinski definition) is 3. The third kappa shape index (κ3) is 2.69. The van der Waals surface area contributed by atoms with Crippen LogP contribution in [0.15, 0.2) is 23.6 Å². The molecule has 0 saturated heterocycles. The highest BCUT2D eigenvalue weighted by Gasteiger charge is 2.20. The van der Waals surface area contributed by atoms with Crippen molar-refractivity contribution in [3.8, 4) is 5.75 Å². The number of amides is 1. The first kappa shape index (κ1) is 14.6. The number of rotatable bonds is 3. The van der Waals surface area contributed by atoms with Gasteiger partial charge in [-0.1, -0.05) is 0 Å². The molecule has 0 radical (unpaired) electrons. The van der Waals surface area contributed by atoms with E-state index in [1.807, 2.05) is 5.38 Å². The van der Waals surface area contributed by atoms with Crippen LogP contribution >= 0.6 is 11.3 Å². The third-order valence-electron chi connectivity index (χ3n) is 3.79. The van der Waals surface area contributed by atoms with Gasteiger partial charge >= 0.3 is 5.97 Å². The van der Waals surface area contributed by atoms with Crippen LogP contribution in [0.2, 0.25) is 0 Å². The summed E-state index contributed by atoms with van der Waals surface area (Å²) in [6.07, 6.45) is 4.21. The summed E-state index contributed by atoms with van der Waals surface area (Å²) >= 11 is 1.61. The Kier molecular flexibility index (Phi) is 3.85. The number of phenols is 1. The molecule has 1 aliphatic carbocycles. The summed E-state index contributed by atoms with van der Waals surface area (Å²) in [7, 11) is 0. The second-order valence-corrected chi connectivity index (χ2v) is 6.21. The van der Waals surface area contributed by atoms with Crippen molar-refractivity contribution < 1.29 is 19.8 Å². The average molecular weight is 317 g/mol. The van der Waals surface area contributed by atoms with Gasteiger partial charge in [-0.2, -0.15) is 0 Å². The van der Waals surface area contributed by atoms with E-state index in [4.69, 9.17) is 5.11 Å². The topological polar surface area (TPSA) is 86.6 Å². The predicted molar refractivity (Wildman–Crippen MR) is 84.0 cm³/mol. The Morgan fingerprint density at radius 3 is 2.64 bits per heavy atom. The zero-order valence-electron chi connectivity index (χ0n) is 11.8. The van der Waals surface area contributed by atoms with Gasteiger partial charge in [0.15, 0.2) is 0 Å². The number of carbonyl (C=O) groups excluding carboxylic acids is 1. The quantitative estimate of drug-likeness (QED) is 0.811. The lowest BCUT2D eigenvalue weighted by atomic mass is 9.95. The van der Waals surface area contributed by atoms with E-state index >= 15 is 0 Å². The summed E-state index contributed by atoms with van der Waals surface area (Å²) < 4.78 is 0. The molecule has 114 valence electrons. The van der Waals surface area contributed by atoms with Crippen LogP contribution < -0.4 is 5.32 Å². The van der Waals surface area contributed by atoms with Gasteiger partial charge in [-0.3, -0.25) is 4.79 Å². The molecule has 3 rings (SSSR count). The standard InChI is InChI=1S/C16H15NO4S/c18-13-7-9(5-6-11(13)16(20)21)17-15(19)12-8-22-14-4-2-1-3-10(12)14/h5-8,18H,1-4H2,(H,17,19)(H,20,21). The monoisotopic (exact) mass is 317 g/mol. The van der Waals surface area contributed by atoms with Crippen molar-refractivity contribution in [2.45, 2.75) is 25.7 Å². The van der Waals surface area contributed by atoms with E-state index in [1.54, 1.807) is 11.3 Å². The summed E-state index contributed by atoms with van der Waals surface area (Å²) in [4.78, 5) is 24.5. The Morgan fingerprint density at radius 1 is 1.14 bits per heavy atom. The molecule has 0 unspecified atom stereocenters. The number of aryl methyl sites for hydroxylation is 1. The lowest BCUT2D eigenvalue weighted by Crippen LogP contribution is -2.14. The molecule has 0 bridgehead atoms. The normalized spacial score (nSPS) is 13.5. The third-order valence-corrected chi connectivity index (χ3v) is 4.88. The Morgan fingerprint density at radius 2 is 1.91 bits per heavy atom. The van der Waals surface area contributed by atoms with Gasteiger partial charge in [-0.15, -0.1) is 11.3 Å². The Balaban J connectivity index is 1.81. The highest BCUT2D eigenvalue weighted by molar-refractivity contribution is 7.10. The number of benzene rings is 1. The van der Waals surface area contributed by atoms with Crippen LogP contribution in [0.4, 0.5) is 5.69 Å². The zero-order valence-corrected chi connectivity index (χ0v) is 12.6. The Hall–Kier alpha value is -2.34. The minimum Gasteiger partial charge on any atom is -0.507 e. The molecule has 0 aliphatic heterocycles. The minimum atomic E-state index is -1.21. The van der Waals surface area contributed by atoms with Gasteiger partial charge in [0.05, 0.1) is 5.56 Å². The molecule has 2 aromatic rings. The molecular weight excluding hydrogens is 302 g/mol. The first-order chi connectivity index (χ1) is 10.6. The van der Waals surface area contributed by atoms with Gasteiger partial charge in [-0.05, 0) is 43.4 Å². The van der Waals surface area contributed by atoms with Gasteiger partial charge in [0.2, 0.25) is 0 Å². The van der Waals surface area contributed by atoms with E-state index in [0.29, 0.717) is 11.3 Å². The molecule has 1 aromatic carbocycles. The van der Waals surface area contributed by atoms with Crippen molar-refractivity contribution in [3.05, 3.63) is 45.1 Å². The minimum absolute atomic E-state index is 0.189. The Bertz CT molecular complexity index is 751. The van der Waals surface area contributed by atoms with E-state index in [9.17, 15) is 14.7 Å². The van der Waals surface area contributed by atoms with Crippen LogP contribution in [0, 0.1) is 0 Å². The van der Waals surface area contributed by atoms with Crippen molar-refractivity contribution in [2.24, 2.45) is 0 Å². The molecule has 0 atom stereocenters. The summed E-state index contributed by atoms with van der Waals surface area (Å²) in [6, 6.07) is 4.00. The highest BCUT2D eigenvalue weighted by Crippen LogP contribution is 2.31. The SMILES string of the molecule is O=C(O)c1ccc(NC(=O)c2csc3c2CCCC3)cc1O. The highest BCUT2D eigenvalue weighted by atomic mass is 32.1. The molecule has 1 aliphatic rings. The van der Waals surface area contributed by atoms with Crippen molar-refractivity contribution in [1.82, 2.24) is 0 Å². The molecule has 1 aromatic heterocycles. The number of aromatic hydroxyl groups is 1. The van der Waals surface area contributed by atoms with Crippen LogP contribution in [0.5, 0.6) is 5.75 Å². The molecule has 1 heterocycles. The maximum atomic E-state index is 12.4. The van der Waals surface area contributed by atoms with Crippen LogP contribution in [-0.4, -0.2) is 22.1 Å². The van der Waals surface area contributed by atoms with E-state index in [-0.39, 0.29) is 17.2 Å². The number of nitrogens with one attached hydrogen (secondary N) is 1. The van der Waals surface area contributed by atoms with Gasteiger partial charge in [-0.25, -0.2) is 4.79 Å². The fourth-order valence-electron chi connectivity index (χ4n) is 2.67. The number of thiophene rings is 1. The lowest BCUT2D eigenvalue weighted by Gasteiger charge is -2.13. The number of carbonyl (C=O) groups is 2. The van der Waals surface area contributed by atoms with Gasteiger partial charge < -0.3 is 15.5 Å². The summed E-state index contributed by atoms with van der Waals surface area (Å²) in [5.74, 6) is -1.79. The predicted octanol–water partition coefficient (Wildman–Crippen LogP) is 3.28. The molecule has 0 spiro atoms. The molecule has 3 N–H and O–H groups in total. The average Bonchev–Trinajstić information content (AvgIpc) is 2.91. The number of aromatic carboxylic acids is 1. The number of carboxylic acid groups (broad SMARTS) is 1.